The number of halogens is 1. The summed E-state index contributed by atoms with van der Waals surface area (Å²) >= 11 is 0. The number of benzene rings is 1. The van der Waals surface area contributed by atoms with E-state index in [1.54, 1.807) is 19.1 Å². The summed E-state index contributed by atoms with van der Waals surface area (Å²) in [6.45, 7) is 3.98. The topological polar surface area (TPSA) is 35.5 Å². The molecule has 1 rings (SSSR count). The first-order chi connectivity index (χ1) is 8.65. The molecule has 0 bridgehead atoms. The molecule has 0 saturated carbocycles. The van der Waals surface area contributed by atoms with Crippen LogP contribution in [0.25, 0.3) is 0 Å². The van der Waals surface area contributed by atoms with Gasteiger partial charge in [-0.2, -0.15) is 0 Å². The average Bonchev–Trinajstić information content (AvgIpc) is 2.37. The van der Waals surface area contributed by atoms with E-state index in [9.17, 15) is 9.18 Å². The normalized spacial score (nSPS) is 12.0. The van der Waals surface area contributed by atoms with Gasteiger partial charge in [0.2, 0.25) is 0 Å². The van der Waals surface area contributed by atoms with E-state index in [4.69, 9.17) is 9.47 Å². The van der Waals surface area contributed by atoms with Gasteiger partial charge in [-0.15, -0.1) is 0 Å². The Bertz CT molecular complexity index is 404. The molecule has 0 spiro atoms. The van der Waals surface area contributed by atoms with Crippen molar-refractivity contribution in [1.82, 2.24) is 0 Å². The van der Waals surface area contributed by atoms with Crippen molar-refractivity contribution in [3.05, 3.63) is 29.6 Å². The molecule has 1 atom stereocenters. The molecule has 0 aliphatic rings. The number of ether oxygens (including phenoxy) is 2. The highest BCUT2D eigenvalue weighted by atomic mass is 19.1. The largest absolute Gasteiger partial charge is 0.494 e. The van der Waals surface area contributed by atoms with Gasteiger partial charge in [0, 0.05) is 5.56 Å². The van der Waals surface area contributed by atoms with Crippen LogP contribution in [0.5, 0.6) is 5.75 Å². The Morgan fingerprint density at radius 2 is 2.11 bits per heavy atom. The Morgan fingerprint density at radius 3 is 2.67 bits per heavy atom. The zero-order valence-corrected chi connectivity index (χ0v) is 11.0. The Balaban J connectivity index is 3.09. The summed E-state index contributed by atoms with van der Waals surface area (Å²) in [4.78, 5) is 11.9. The van der Waals surface area contributed by atoms with Gasteiger partial charge >= 0.3 is 5.97 Å². The maximum atomic E-state index is 14.1. The van der Waals surface area contributed by atoms with Crippen LogP contribution in [0.2, 0.25) is 0 Å². The fraction of sp³-hybridized carbons (Fsp3) is 0.500. The number of methoxy groups -OCH3 is 1. The monoisotopic (exact) mass is 254 g/mol. The van der Waals surface area contributed by atoms with Gasteiger partial charge in [-0.1, -0.05) is 25.5 Å². The zero-order valence-electron chi connectivity index (χ0n) is 11.0. The molecule has 100 valence electrons. The first kappa shape index (κ1) is 14.5. The highest BCUT2D eigenvalue weighted by Crippen LogP contribution is 2.30. The Kier molecular flexibility index (Phi) is 5.62. The van der Waals surface area contributed by atoms with Crippen LogP contribution in [0.1, 0.15) is 38.2 Å². The van der Waals surface area contributed by atoms with E-state index in [0.29, 0.717) is 18.6 Å². The Morgan fingerprint density at radius 1 is 1.39 bits per heavy atom. The second kappa shape index (κ2) is 6.99. The Labute approximate surface area is 107 Å². The molecule has 0 aliphatic carbocycles. The molecule has 1 aromatic carbocycles. The van der Waals surface area contributed by atoms with E-state index < -0.39 is 11.7 Å². The van der Waals surface area contributed by atoms with Gasteiger partial charge < -0.3 is 9.47 Å². The number of hydrogen-bond donors (Lipinski definition) is 0. The molecule has 0 radical (unpaired) electrons. The van der Waals surface area contributed by atoms with Crippen LogP contribution in [0.3, 0.4) is 0 Å². The fourth-order valence-corrected chi connectivity index (χ4v) is 1.89. The predicted octanol–water partition coefficient (Wildman–Crippen LogP) is 3.28. The summed E-state index contributed by atoms with van der Waals surface area (Å²) in [6, 6.07) is 4.82. The van der Waals surface area contributed by atoms with Crippen molar-refractivity contribution >= 4 is 5.97 Å². The highest BCUT2D eigenvalue weighted by molar-refractivity contribution is 5.78. The van der Waals surface area contributed by atoms with Crippen molar-refractivity contribution < 1.29 is 18.7 Å². The highest BCUT2D eigenvalue weighted by Gasteiger charge is 2.25. The predicted molar refractivity (Wildman–Crippen MR) is 67.2 cm³/mol. The molecule has 0 amide bonds. The summed E-state index contributed by atoms with van der Waals surface area (Å²) in [5.74, 6) is -1.28. The lowest BCUT2D eigenvalue weighted by Gasteiger charge is -2.16. The maximum absolute atomic E-state index is 14.1. The number of esters is 1. The van der Waals surface area contributed by atoms with Gasteiger partial charge in [0.25, 0.3) is 0 Å². The third-order valence-electron chi connectivity index (χ3n) is 2.74. The molecule has 0 heterocycles. The standard InChI is InChI=1S/C14H19FO3/c1-4-7-11(14(16)18-5-2)10-8-6-9-12(17-3)13(10)15/h6,8-9,11H,4-5,7H2,1-3H3. The smallest absolute Gasteiger partial charge is 0.313 e. The van der Waals surface area contributed by atoms with Crippen molar-refractivity contribution in [3.63, 3.8) is 0 Å². The molecule has 1 aromatic rings. The second-order valence-corrected chi connectivity index (χ2v) is 3.96. The van der Waals surface area contributed by atoms with Gasteiger partial charge in [0.1, 0.15) is 0 Å². The molecule has 0 saturated heterocycles. The van der Waals surface area contributed by atoms with E-state index >= 15 is 0 Å². The molecule has 18 heavy (non-hydrogen) atoms. The SMILES string of the molecule is CCCC(C(=O)OCC)c1cccc(OC)c1F. The van der Waals surface area contributed by atoms with Gasteiger partial charge in [0.05, 0.1) is 19.6 Å². The van der Waals surface area contributed by atoms with Crippen LogP contribution in [0, 0.1) is 5.82 Å². The van der Waals surface area contributed by atoms with Crippen molar-refractivity contribution in [1.29, 1.82) is 0 Å². The van der Waals surface area contributed by atoms with Crippen LogP contribution >= 0.6 is 0 Å². The summed E-state index contributed by atoms with van der Waals surface area (Å²) in [5.41, 5.74) is 0.342. The first-order valence-electron chi connectivity index (χ1n) is 6.14. The van der Waals surface area contributed by atoms with Crippen molar-refractivity contribution in [3.8, 4) is 5.75 Å². The maximum Gasteiger partial charge on any atom is 0.313 e. The molecule has 0 N–H and O–H groups in total. The van der Waals surface area contributed by atoms with Crippen LogP contribution < -0.4 is 4.74 Å². The van der Waals surface area contributed by atoms with E-state index in [1.807, 2.05) is 6.92 Å². The molecular weight excluding hydrogens is 235 g/mol. The van der Waals surface area contributed by atoms with Crippen LogP contribution in [0.4, 0.5) is 4.39 Å². The minimum Gasteiger partial charge on any atom is -0.494 e. The van der Waals surface area contributed by atoms with E-state index in [2.05, 4.69) is 0 Å². The third-order valence-corrected chi connectivity index (χ3v) is 2.74. The quantitative estimate of drug-likeness (QED) is 0.731. The van der Waals surface area contributed by atoms with Crippen LogP contribution in [-0.4, -0.2) is 19.7 Å². The zero-order chi connectivity index (χ0) is 13.5. The molecule has 0 aliphatic heterocycles. The third kappa shape index (κ3) is 3.22. The Hall–Kier alpha value is -1.58. The first-order valence-corrected chi connectivity index (χ1v) is 6.14. The van der Waals surface area contributed by atoms with Gasteiger partial charge in [-0.25, -0.2) is 4.39 Å². The van der Waals surface area contributed by atoms with Crippen molar-refractivity contribution in [2.24, 2.45) is 0 Å². The van der Waals surface area contributed by atoms with E-state index in [0.717, 1.165) is 6.42 Å². The van der Waals surface area contributed by atoms with Crippen molar-refractivity contribution in [2.75, 3.05) is 13.7 Å². The number of rotatable bonds is 6. The lowest BCUT2D eigenvalue weighted by molar-refractivity contribution is -0.145. The summed E-state index contributed by atoms with van der Waals surface area (Å²) in [7, 11) is 1.40. The number of carbonyl (C=O) groups excluding carboxylic acids is 1. The molecule has 4 heteroatoms. The lowest BCUT2D eigenvalue weighted by atomic mass is 9.94. The van der Waals surface area contributed by atoms with Crippen molar-refractivity contribution in [2.45, 2.75) is 32.6 Å². The van der Waals surface area contributed by atoms with Gasteiger partial charge in [0.15, 0.2) is 11.6 Å². The molecule has 3 nitrogen and oxygen atoms in total. The lowest BCUT2D eigenvalue weighted by Crippen LogP contribution is -2.17. The second-order valence-electron chi connectivity index (χ2n) is 3.96. The molecule has 1 unspecified atom stereocenters. The van der Waals surface area contributed by atoms with Crippen LogP contribution in [-0.2, 0) is 9.53 Å². The number of hydrogen-bond acceptors (Lipinski definition) is 3. The molecule has 0 fully saturated rings. The average molecular weight is 254 g/mol. The van der Waals surface area contributed by atoms with Gasteiger partial charge in [-0.05, 0) is 19.4 Å². The molecular formula is C14H19FO3. The summed E-state index contributed by atoms with van der Waals surface area (Å²) < 4.78 is 24.0. The van der Waals surface area contributed by atoms with Crippen LogP contribution in [0.15, 0.2) is 18.2 Å². The summed E-state index contributed by atoms with van der Waals surface area (Å²) in [6.07, 6.45) is 1.34. The summed E-state index contributed by atoms with van der Waals surface area (Å²) in [5, 5.41) is 0. The van der Waals surface area contributed by atoms with E-state index in [1.165, 1.54) is 13.2 Å². The fourth-order valence-electron chi connectivity index (χ4n) is 1.89. The minimum absolute atomic E-state index is 0.151. The minimum atomic E-state index is -0.565. The molecule has 0 aromatic heterocycles. The number of carbonyl (C=O) groups is 1. The van der Waals surface area contributed by atoms with E-state index in [-0.39, 0.29) is 11.7 Å². The van der Waals surface area contributed by atoms with Gasteiger partial charge in [-0.3, -0.25) is 4.79 Å².